The summed E-state index contributed by atoms with van der Waals surface area (Å²) in [6.45, 7) is 1.28. The smallest absolute Gasteiger partial charge is 0.250 e. The van der Waals surface area contributed by atoms with Crippen LogP contribution in [0.5, 0.6) is 0 Å². The third kappa shape index (κ3) is 1.76. The predicted molar refractivity (Wildman–Crippen MR) is 62.6 cm³/mol. The molecular weight excluding hydrogens is 218 g/mol. The van der Waals surface area contributed by atoms with Gasteiger partial charge in [0, 0.05) is 6.20 Å². The SMILES string of the molecule is NC(=O)c1ccc(N2CC(O)(C3CC3)C2)nc1. The van der Waals surface area contributed by atoms with Crippen LogP contribution < -0.4 is 10.6 Å². The van der Waals surface area contributed by atoms with Crippen LogP contribution in [-0.2, 0) is 0 Å². The maximum atomic E-state index is 10.9. The lowest BCUT2D eigenvalue weighted by molar-refractivity contribution is -0.00974. The number of nitrogens with two attached hydrogens (primary N) is 1. The highest BCUT2D eigenvalue weighted by Gasteiger charge is 2.52. The number of β-amino-alcohol motifs (C(OH)–C–C–N with tert-alkyl or cyclic N) is 1. The molecule has 1 saturated carbocycles. The van der Waals surface area contributed by atoms with E-state index in [-0.39, 0.29) is 0 Å². The fourth-order valence-corrected chi connectivity index (χ4v) is 2.37. The standard InChI is InChI=1S/C12H15N3O2/c13-11(16)8-1-4-10(14-5-8)15-6-12(17,7-15)9-2-3-9/h1,4-5,9,17H,2-3,6-7H2,(H2,13,16). The molecule has 3 N–H and O–H groups in total. The van der Waals surface area contributed by atoms with Gasteiger partial charge in [-0.2, -0.15) is 0 Å². The summed E-state index contributed by atoms with van der Waals surface area (Å²) in [5.41, 5.74) is 5.04. The number of aromatic nitrogens is 1. The summed E-state index contributed by atoms with van der Waals surface area (Å²) in [5.74, 6) is 0.797. The topological polar surface area (TPSA) is 79.5 Å². The van der Waals surface area contributed by atoms with Gasteiger partial charge in [-0.15, -0.1) is 0 Å². The number of carbonyl (C=O) groups is 1. The van der Waals surface area contributed by atoms with E-state index in [0.717, 1.165) is 18.7 Å². The number of rotatable bonds is 3. The van der Waals surface area contributed by atoms with Crippen LogP contribution >= 0.6 is 0 Å². The average molecular weight is 233 g/mol. The Hall–Kier alpha value is -1.62. The third-order valence-electron chi connectivity index (χ3n) is 3.62. The second kappa shape index (κ2) is 3.43. The Morgan fingerprint density at radius 3 is 2.65 bits per heavy atom. The molecule has 0 atom stereocenters. The Labute approximate surface area is 99.2 Å². The van der Waals surface area contributed by atoms with Gasteiger partial charge < -0.3 is 15.7 Å². The van der Waals surface area contributed by atoms with Gasteiger partial charge in [0.2, 0.25) is 5.91 Å². The summed E-state index contributed by atoms with van der Waals surface area (Å²) < 4.78 is 0. The van der Waals surface area contributed by atoms with Gasteiger partial charge in [0.1, 0.15) is 11.4 Å². The van der Waals surface area contributed by atoms with Gasteiger partial charge in [0.05, 0.1) is 18.7 Å². The molecule has 0 bridgehead atoms. The first-order valence-electron chi connectivity index (χ1n) is 5.82. The number of nitrogens with zero attached hydrogens (tertiary/aromatic N) is 2. The Morgan fingerprint density at radius 2 is 2.18 bits per heavy atom. The minimum Gasteiger partial charge on any atom is -0.386 e. The predicted octanol–water partition coefficient (Wildman–Crippen LogP) is 0.142. The van der Waals surface area contributed by atoms with E-state index in [0.29, 0.717) is 24.6 Å². The molecule has 0 unspecified atom stereocenters. The zero-order chi connectivity index (χ0) is 12.0. The van der Waals surface area contributed by atoms with Crippen molar-refractivity contribution in [1.29, 1.82) is 0 Å². The second-order valence-electron chi connectivity index (χ2n) is 5.00. The van der Waals surface area contributed by atoms with Crippen molar-refractivity contribution >= 4 is 11.7 Å². The van der Waals surface area contributed by atoms with Crippen LogP contribution in [0.4, 0.5) is 5.82 Å². The van der Waals surface area contributed by atoms with Crippen LogP contribution in [-0.4, -0.2) is 34.7 Å². The van der Waals surface area contributed by atoms with Gasteiger partial charge in [-0.25, -0.2) is 4.98 Å². The van der Waals surface area contributed by atoms with Crippen molar-refractivity contribution in [2.24, 2.45) is 11.7 Å². The Kier molecular flexibility index (Phi) is 2.13. The fraction of sp³-hybridized carbons (Fsp3) is 0.500. The van der Waals surface area contributed by atoms with Crippen LogP contribution in [0.1, 0.15) is 23.2 Å². The summed E-state index contributed by atoms with van der Waals surface area (Å²) in [7, 11) is 0. The van der Waals surface area contributed by atoms with Crippen molar-refractivity contribution in [2.45, 2.75) is 18.4 Å². The zero-order valence-corrected chi connectivity index (χ0v) is 9.47. The molecule has 0 spiro atoms. The lowest BCUT2D eigenvalue weighted by atomic mass is 9.89. The van der Waals surface area contributed by atoms with Crippen molar-refractivity contribution in [3.8, 4) is 0 Å². The monoisotopic (exact) mass is 233 g/mol. The van der Waals surface area contributed by atoms with Crippen molar-refractivity contribution < 1.29 is 9.90 Å². The molecule has 90 valence electrons. The molecule has 1 aromatic rings. The third-order valence-corrected chi connectivity index (χ3v) is 3.62. The molecule has 2 fully saturated rings. The van der Waals surface area contributed by atoms with E-state index in [1.54, 1.807) is 12.1 Å². The first kappa shape index (κ1) is 10.5. The van der Waals surface area contributed by atoms with E-state index < -0.39 is 11.5 Å². The van der Waals surface area contributed by atoms with E-state index in [1.807, 2.05) is 4.90 Å². The minimum absolute atomic E-state index is 0.409. The van der Waals surface area contributed by atoms with E-state index in [2.05, 4.69) is 4.98 Å². The summed E-state index contributed by atoms with van der Waals surface area (Å²) in [6, 6.07) is 3.44. The number of hydrogen-bond donors (Lipinski definition) is 2. The second-order valence-corrected chi connectivity index (χ2v) is 5.00. The summed E-state index contributed by atoms with van der Waals surface area (Å²) in [6.07, 6.45) is 3.75. The highest BCUT2D eigenvalue weighted by atomic mass is 16.3. The van der Waals surface area contributed by atoms with Gasteiger partial charge in [0.15, 0.2) is 0 Å². The molecule has 2 heterocycles. The lowest BCUT2D eigenvalue weighted by Crippen LogP contribution is -2.63. The number of carbonyl (C=O) groups excluding carboxylic acids is 1. The quantitative estimate of drug-likeness (QED) is 0.778. The van der Waals surface area contributed by atoms with Crippen LogP contribution in [0.25, 0.3) is 0 Å². The van der Waals surface area contributed by atoms with Gasteiger partial charge in [-0.3, -0.25) is 4.79 Å². The molecule has 2 aliphatic rings. The van der Waals surface area contributed by atoms with Gasteiger partial charge >= 0.3 is 0 Å². The van der Waals surface area contributed by atoms with Crippen molar-refractivity contribution in [1.82, 2.24) is 4.98 Å². The summed E-state index contributed by atoms with van der Waals surface area (Å²) in [5, 5.41) is 10.2. The Morgan fingerprint density at radius 1 is 1.47 bits per heavy atom. The van der Waals surface area contributed by atoms with Gasteiger partial charge in [-0.05, 0) is 30.9 Å². The molecule has 3 rings (SSSR count). The molecule has 1 aliphatic heterocycles. The lowest BCUT2D eigenvalue weighted by Gasteiger charge is -2.47. The number of hydrogen-bond acceptors (Lipinski definition) is 4. The van der Waals surface area contributed by atoms with Gasteiger partial charge in [-0.1, -0.05) is 0 Å². The summed E-state index contributed by atoms with van der Waals surface area (Å²) in [4.78, 5) is 17.1. The van der Waals surface area contributed by atoms with E-state index in [1.165, 1.54) is 6.20 Å². The molecule has 1 aromatic heterocycles. The Balaban J connectivity index is 1.68. The molecule has 17 heavy (non-hydrogen) atoms. The van der Waals surface area contributed by atoms with E-state index in [4.69, 9.17) is 5.73 Å². The van der Waals surface area contributed by atoms with Crippen LogP contribution in [0.2, 0.25) is 0 Å². The van der Waals surface area contributed by atoms with Crippen LogP contribution in [0.15, 0.2) is 18.3 Å². The maximum Gasteiger partial charge on any atom is 0.250 e. The maximum absolute atomic E-state index is 10.9. The number of anilines is 1. The molecule has 5 nitrogen and oxygen atoms in total. The molecule has 1 amide bonds. The largest absolute Gasteiger partial charge is 0.386 e. The number of amides is 1. The molecule has 0 aromatic carbocycles. The molecule has 5 heteroatoms. The average Bonchev–Trinajstić information content (AvgIpc) is 3.09. The van der Waals surface area contributed by atoms with E-state index >= 15 is 0 Å². The molecule has 0 radical (unpaired) electrons. The fourth-order valence-electron chi connectivity index (χ4n) is 2.37. The van der Waals surface area contributed by atoms with Gasteiger partial charge in [0.25, 0.3) is 0 Å². The molecule has 1 saturated heterocycles. The molecule has 1 aliphatic carbocycles. The normalized spacial score (nSPS) is 22.1. The first-order valence-corrected chi connectivity index (χ1v) is 5.82. The van der Waals surface area contributed by atoms with Crippen molar-refractivity contribution in [2.75, 3.05) is 18.0 Å². The minimum atomic E-state index is -0.510. The highest BCUT2D eigenvalue weighted by molar-refractivity contribution is 5.92. The summed E-state index contributed by atoms with van der Waals surface area (Å²) >= 11 is 0. The van der Waals surface area contributed by atoms with Crippen molar-refractivity contribution in [3.05, 3.63) is 23.9 Å². The molecular formula is C12H15N3O2. The zero-order valence-electron chi connectivity index (χ0n) is 9.47. The highest BCUT2D eigenvalue weighted by Crippen LogP contribution is 2.45. The van der Waals surface area contributed by atoms with Crippen molar-refractivity contribution in [3.63, 3.8) is 0 Å². The number of pyridine rings is 1. The number of aliphatic hydroxyl groups is 1. The van der Waals surface area contributed by atoms with Crippen LogP contribution in [0.3, 0.4) is 0 Å². The van der Waals surface area contributed by atoms with E-state index in [9.17, 15) is 9.90 Å². The first-order chi connectivity index (χ1) is 8.08. The number of primary amides is 1. The van der Waals surface area contributed by atoms with Crippen LogP contribution in [0, 0.1) is 5.92 Å². The Bertz CT molecular complexity index is 447.